The van der Waals surface area contributed by atoms with Crippen molar-refractivity contribution in [2.75, 3.05) is 32.8 Å². The highest BCUT2D eigenvalue weighted by atomic mass is 32.1. The van der Waals surface area contributed by atoms with Gasteiger partial charge >= 0.3 is 0 Å². The zero-order chi connectivity index (χ0) is 22.6. The van der Waals surface area contributed by atoms with E-state index in [9.17, 15) is 4.79 Å². The number of nitrogens with zero attached hydrogens (tertiary/aromatic N) is 3. The number of piperazine rings is 1. The lowest BCUT2D eigenvalue weighted by atomic mass is 10.1. The second kappa shape index (κ2) is 9.87. The summed E-state index contributed by atoms with van der Waals surface area (Å²) in [6.07, 6.45) is 0. The summed E-state index contributed by atoms with van der Waals surface area (Å²) >= 11 is 1.54. The molecule has 5 rings (SSSR count). The fraction of sp³-hybridized carbons (Fsp3) is 0.308. The summed E-state index contributed by atoms with van der Waals surface area (Å²) in [6.45, 7) is 8.21. The van der Waals surface area contributed by atoms with Crippen molar-refractivity contribution >= 4 is 21.6 Å². The second-order valence-electron chi connectivity index (χ2n) is 8.34. The van der Waals surface area contributed by atoms with Gasteiger partial charge in [-0.05, 0) is 30.2 Å². The Hall–Kier alpha value is -3.00. The lowest BCUT2D eigenvalue weighted by Crippen LogP contribution is -2.45. The van der Waals surface area contributed by atoms with Crippen molar-refractivity contribution in [1.29, 1.82) is 0 Å². The zero-order valence-electron chi connectivity index (χ0n) is 18.8. The van der Waals surface area contributed by atoms with Gasteiger partial charge in [-0.15, -0.1) is 11.3 Å². The second-order valence-corrected chi connectivity index (χ2v) is 9.20. The third-order valence-corrected chi connectivity index (χ3v) is 6.93. The van der Waals surface area contributed by atoms with E-state index in [1.54, 1.807) is 0 Å². The van der Waals surface area contributed by atoms with Crippen molar-refractivity contribution in [2.45, 2.75) is 20.0 Å². The molecule has 3 heterocycles. The largest absolute Gasteiger partial charge is 0.494 e. The van der Waals surface area contributed by atoms with Crippen LogP contribution in [-0.4, -0.2) is 52.6 Å². The van der Waals surface area contributed by atoms with Crippen molar-refractivity contribution in [2.24, 2.45) is 0 Å². The Labute approximate surface area is 197 Å². The van der Waals surface area contributed by atoms with E-state index in [-0.39, 0.29) is 5.56 Å². The quantitative estimate of drug-likeness (QED) is 0.444. The molecule has 0 radical (unpaired) electrons. The van der Waals surface area contributed by atoms with Crippen molar-refractivity contribution in [3.63, 3.8) is 0 Å². The Balaban J connectivity index is 1.21. The number of fused-ring (bicyclic) bond motifs is 1. The number of thiophene rings is 1. The molecule has 2 aromatic carbocycles. The van der Waals surface area contributed by atoms with Crippen LogP contribution >= 0.6 is 11.3 Å². The van der Waals surface area contributed by atoms with Crippen molar-refractivity contribution in [3.05, 3.63) is 81.7 Å². The number of nitrogens with one attached hydrogen (secondary N) is 1. The van der Waals surface area contributed by atoms with Gasteiger partial charge in [0.25, 0.3) is 5.56 Å². The molecule has 0 atom stereocenters. The Morgan fingerprint density at radius 1 is 0.970 bits per heavy atom. The number of hydrogen-bond donors (Lipinski definition) is 1. The van der Waals surface area contributed by atoms with Crippen LogP contribution in [-0.2, 0) is 13.1 Å². The van der Waals surface area contributed by atoms with Gasteiger partial charge in [0.15, 0.2) is 0 Å². The summed E-state index contributed by atoms with van der Waals surface area (Å²) in [5, 5.41) is 2.72. The Kier molecular flexibility index (Phi) is 6.53. The van der Waals surface area contributed by atoms with Gasteiger partial charge in [0.2, 0.25) is 0 Å². The van der Waals surface area contributed by atoms with Crippen LogP contribution in [0.5, 0.6) is 5.75 Å². The summed E-state index contributed by atoms with van der Waals surface area (Å²) in [5.41, 5.74) is 3.26. The molecule has 6 nitrogen and oxygen atoms in total. The smallest absolute Gasteiger partial charge is 0.260 e. The molecule has 1 aliphatic rings. The van der Waals surface area contributed by atoms with Gasteiger partial charge in [0.1, 0.15) is 16.4 Å². The Morgan fingerprint density at radius 3 is 2.36 bits per heavy atom. The molecule has 0 unspecified atom stereocenters. The maximum absolute atomic E-state index is 12.9. The minimum atomic E-state index is -0.0516. The predicted octanol–water partition coefficient (Wildman–Crippen LogP) is 4.37. The first kappa shape index (κ1) is 21.8. The van der Waals surface area contributed by atoms with E-state index in [4.69, 9.17) is 9.72 Å². The molecule has 0 spiro atoms. The number of ether oxygens (including phenoxy) is 1. The molecule has 0 saturated carbocycles. The molecule has 1 saturated heterocycles. The van der Waals surface area contributed by atoms with Crippen LogP contribution < -0.4 is 10.3 Å². The van der Waals surface area contributed by atoms with Crippen LogP contribution in [0.1, 0.15) is 18.3 Å². The lowest BCUT2D eigenvalue weighted by molar-refractivity contribution is 0.120. The van der Waals surface area contributed by atoms with E-state index in [0.29, 0.717) is 18.5 Å². The van der Waals surface area contributed by atoms with Crippen LogP contribution in [0, 0.1) is 0 Å². The number of aromatic nitrogens is 2. The monoisotopic (exact) mass is 460 g/mol. The Bertz CT molecular complexity index is 1260. The van der Waals surface area contributed by atoms with Crippen LogP contribution in [0.4, 0.5) is 0 Å². The summed E-state index contributed by atoms with van der Waals surface area (Å²) in [6, 6.07) is 18.4. The average Bonchev–Trinajstić information content (AvgIpc) is 3.27. The maximum atomic E-state index is 12.9. The highest BCUT2D eigenvalue weighted by molar-refractivity contribution is 7.17. The summed E-state index contributed by atoms with van der Waals surface area (Å²) in [5.74, 6) is 1.67. The maximum Gasteiger partial charge on any atom is 0.260 e. The standard InChI is InChI=1S/C26H28N4O2S/c1-2-32-21-10-8-19(9-11-21)16-29-12-14-30(15-13-29)17-23-27-25(31)24-22(18-33-26(24)28-23)20-6-4-3-5-7-20/h3-11,18H,2,12-17H2,1H3,(H,27,28,31). The van der Waals surface area contributed by atoms with Gasteiger partial charge in [-0.3, -0.25) is 14.6 Å². The van der Waals surface area contributed by atoms with Crippen molar-refractivity contribution in [1.82, 2.24) is 19.8 Å². The summed E-state index contributed by atoms with van der Waals surface area (Å²) < 4.78 is 5.53. The zero-order valence-corrected chi connectivity index (χ0v) is 19.6. The number of aromatic amines is 1. The van der Waals surface area contributed by atoms with Crippen molar-refractivity contribution in [3.8, 4) is 16.9 Å². The highest BCUT2D eigenvalue weighted by Gasteiger charge is 2.19. The third kappa shape index (κ3) is 5.00. The summed E-state index contributed by atoms with van der Waals surface area (Å²) in [4.78, 5) is 26.3. The minimum absolute atomic E-state index is 0.0516. The van der Waals surface area contributed by atoms with Gasteiger partial charge in [0.05, 0.1) is 18.5 Å². The molecule has 7 heteroatoms. The molecule has 1 fully saturated rings. The number of rotatable bonds is 7. The number of benzene rings is 2. The molecule has 0 amide bonds. The van der Waals surface area contributed by atoms with E-state index >= 15 is 0 Å². The molecule has 1 aliphatic heterocycles. The topological polar surface area (TPSA) is 61.5 Å². The first-order chi connectivity index (χ1) is 16.2. The van der Waals surface area contributed by atoms with Crippen LogP contribution in [0.3, 0.4) is 0 Å². The van der Waals surface area contributed by atoms with Crippen molar-refractivity contribution < 1.29 is 4.74 Å². The van der Waals surface area contributed by atoms with Gasteiger partial charge in [-0.25, -0.2) is 4.98 Å². The molecule has 0 bridgehead atoms. The molecule has 0 aliphatic carbocycles. The molecular weight excluding hydrogens is 432 g/mol. The predicted molar refractivity (Wildman–Crippen MR) is 134 cm³/mol. The molecule has 2 aromatic heterocycles. The highest BCUT2D eigenvalue weighted by Crippen LogP contribution is 2.30. The molecule has 33 heavy (non-hydrogen) atoms. The fourth-order valence-electron chi connectivity index (χ4n) is 4.33. The molecule has 1 N–H and O–H groups in total. The lowest BCUT2D eigenvalue weighted by Gasteiger charge is -2.34. The van der Waals surface area contributed by atoms with Crippen LogP contribution in [0.2, 0.25) is 0 Å². The minimum Gasteiger partial charge on any atom is -0.494 e. The third-order valence-electron chi connectivity index (χ3n) is 6.06. The molecular formula is C26H28N4O2S. The van der Waals surface area contributed by atoms with E-state index in [2.05, 4.69) is 26.9 Å². The van der Waals surface area contributed by atoms with Gasteiger partial charge < -0.3 is 9.72 Å². The van der Waals surface area contributed by atoms with Gasteiger partial charge in [0, 0.05) is 43.7 Å². The normalized spacial score (nSPS) is 15.2. The average molecular weight is 461 g/mol. The van der Waals surface area contributed by atoms with Crippen LogP contribution in [0.25, 0.3) is 21.3 Å². The number of hydrogen-bond acceptors (Lipinski definition) is 6. The van der Waals surface area contributed by atoms with Crippen LogP contribution in [0.15, 0.2) is 64.8 Å². The van der Waals surface area contributed by atoms with E-state index in [0.717, 1.165) is 60.3 Å². The van der Waals surface area contributed by atoms with Gasteiger partial charge in [-0.1, -0.05) is 42.5 Å². The van der Waals surface area contributed by atoms with E-state index < -0.39 is 0 Å². The fourth-order valence-corrected chi connectivity index (χ4v) is 5.30. The Morgan fingerprint density at radius 2 is 1.67 bits per heavy atom. The van der Waals surface area contributed by atoms with E-state index in [1.807, 2.05) is 54.8 Å². The first-order valence-electron chi connectivity index (χ1n) is 11.4. The first-order valence-corrected chi connectivity index (χ1v) is 12.3. The van der Waals surface area contributed by atoms with E-state index in [1.165, 1.54) is 16.9 Å². The number of H-pyrrole nitrogens is 1. The molecule has 4 aromatic rings. The molecule has 170 valence electrons. The summed E-state index contributed by atoms with van der Waals surface area (Å²) in [7, 11) is 0. The van der Waals surface area contributed by atoms with Gasteiger partial charge in [-0.2, -0.15) is 0 Å². The SMILES string of the molecule is CCOc1ccc(CN2CCN(Cc3nc4scc(-c5ccccc5)c4c(=O)[nH]3)CC2)cc1.